The molecule has 0 radical (unpaired) electrons. The van der Waals surface area contributed by atoms with E-state index in [1.165, 1.54) is 27.8 Å². The van der Waals surface area contributed by atoms with Crippen molar-refractivity contribution in [2.75, 3.05) is 0 Å². The van der Waals surface area contributed by atoms with E-state index in [1.807, 2.05) is 16.7 Å². The Morgan fingerprint density at radius 1 is 0.750 bits per heavy atom. The Labute approximate surface area is 237 Å². The van der Waals surface area contributed by atoms with Crippen LogP contribution in [0, 0.1) is 50.1 Å². The van der Waals surface area contributed by atoms with Gasteiger partial charge in [0.15, 0.2) is 0 Å². The molecule has 0 fully saturated rings. The van der Waals surface area contributed by atoms with Crippen LogP contribution in [0.3, 0.4) is 0 Å². The normalized spacial score (nSPS) is 9.86. The standard InChI is InChI=1S/C29H26N3.3CH3.Zr/c1-20-18-21(2)28(22(3)19-20)30-27-15-14-24-16-17-32(29(24)31(27)4)26-13-9-8-12-25(26)23-10-6-5-7-11-23;;;;/h5-19H,4H2,1-3H3;3*1H3;/q4*-1;. The molecule has 36 heavy (non-hydrogen) atoms. The van der Waals surface area contributed by atoms with E-state index >= 15 is 0 Å². The third kappa shape index (κ3) is 5.66. The van der Waals surface area contributed by atoms with Gasteiger partial charge in [0.2, 0.25) is 0 Å². The molecule has 3 aromatic carbocycles. The number of aromatic nitrogens is 2. The van der Waals surface area contributed by atoms with E-state index in [-0.39, 0.29) is 48.5 Å². The largest absolute Gasteiger partial charge is 0.452 e. The summed E-state index contributed by atoms with van der Waals surface area (Å²) in [5.41, 5.74) is 9.10. The Morgan fingerprint density at radius 3 is 2.03 bits per heavy atom. The fourth-order valence-electron chi connectivity index (χ4n) is 4.52. The molecular formula is C32H35N3Zr-4. The van der Waals surface area contributed by atoms with E-state index in [0.717, 1.165) is 28.2 Å². The molecule has 0 amide bonds. The van der Waals surface area contributed by atoms with Crippen LogP contribution in [0.25, 0.3) is 33.2 Å². The van der Waals surface area contributed by atoms with Gasteiger partial charge in [-0.25, -0.2) is 0 Å². The summed E-state index contributed by atoms with van der Waals surface area (Å²) in [6.07, 6.45) is 2.11. The van der Waals surface area contributed by atoms with Crippen molar-refractivity contribution in [3.05, 3.63) is 142 Å². The quantitative estimate of drug-likeness (QED) is 0.157. The van der Waals surface area contributed by atoms with Crippen molar-refractivity contribution in [2.45, 2.75) is 20.8 Å². The monoisotopic (exact) mass is 551 g/mol. The molecule has 2 heterocycles. The molecule has 0 aliphatic carbocycles. The maximum absolute atomic E-state index is 5.01. The van der Waals surface area contributed by atoms with Gasteiger partial charge in [0, 0.05) is 48.9 Å². The predicted octanol–water partition coefficient (Wildman–Crippen LogP) is 8.84. The summed E-state index contributed by atoms with van der Waals surface area (Å²) >= 11 is 0. The maximum Gasteiger partial charge on any atom is 0.0562 e. The van der Waals surface area contributed by atoms with Crippen molar-refractivity contribution in [3.8, 4) is 16.8 Å². The fraction of sp³-hybridized carbons (Fsp3) is 0.0938. The Kier molecular flexibility index (Phi) is 10.9. The van der Waals surface area contributed by atoms with E-state index in [1.54, 1.807) is 0 Å². The molecule has 5 aromatic rings. The van der Waals surface area contributed by atoms with E-state index in [9.17, 15) is 0 Å². The molecule has 0 spiro atoms. The Morgan fingerprint density at radius 2 is 1.36 bits per heavy atom. The summed E-state index contributed by atoms with van der Waals surface area (Å²) in [4.78, 5) is 0. The van der Waals surface area contributed by atoms with Crippen molar-refractivity contribution in [3.63, 3.8) is 0 Å². The number of aryl methyl sites for hydroxylation is 3. The van der Waals surface area contributed by atoms with Gasteiger partial charge in [0.05, 0.1) is 5.69 Å². The van der Waals surface area contributed by atoms with Crippen molar-refractivity contribution in [1.82, 2.24) is 4.57 Å². The SMILES string of the molecule is [CH2-][n+]1c([N-]c2c(C)cc(C)cc2C)ccc2ccn(-c3ccccc3-c3ccccc3)c21.[CH3-].[CH3-].[CH3-].[Zr]. The molecular weight excluding hydrogens is 518 g/mol. The predicted molar refractivity (Wildman–Crippen MR) is 152 cm³/mol. The van der Waals surface area contributed by atoms with E-state index in [4.69, 9.17) is 5.32 Å². The zero-order valence-electron chi connectivity index (χ0n) is 22.2. The van der Waals surface area contributed by atoms with Gasteiger partial charge < -0.3 is 31.4 Å². The van der Waals surface area contributed by atoms with Crippen LogP contribution < -0.4 is 4.57 Å². The molecule has 0 aliphatic heterocycles. The first-order valence-corrected chi connectivity index (χ1v) is 10.8. The number of fused-ring (bicyclic) bond motifs is 1. The minimum atomic E-state index is 0. The molecule has 0 N–H and O–H groups in total. The summed E-state index contributed by atoms with van der Waals surface area (Å²) in [6.45, 7) is 6.35. The molecule has 5 rings (SSSR count). The topological polar surface area (TPSA) is 22.9 Å². The van der Waals surface area contributed by atoms with Crippen LogP contribution in [0.15, 0.2) is 91.1 Å². The molecule has 0 aliphatic rings. The fourth-order valence-corrected chi connectivity index (χ4v) is 4.52. The number of nitrogens with zero attached hydrogens (tertiary/aromatic N) is 3. The average molecular weight is 553 g/mol. The van der Waals surface area contributed by atoms with Gasteiger partial charge in [0.1, 0.15) is 0 Å². The number of rotatable bonds is 4. The van der Waals surface area contributed by atoms with Crippen LogP contribution in [-0.4, -0.2) is 4.57 Å². The molecule has 0 saturated carbocycles. The first-order chi connectivity index (χ1) is 15.5. The minimum Gasteiger partial charge on any atom is -0.452 e. The molecule has 0 unspecified atom stereocenters. The summed E-state index contributed by atoms with van der Waals surface area (Å²) in [7, 11) is 4.38. The third-order valence-electron chi connectivity index (χ3n) is 5.94. The zero-order valence-corrected chi connectivity index (χ0v) is 24.7. The van der Waals surface area contributed by atoms with Gasteiger partial charge in [0.25, 0.3) is 0 Å². The first-order valence-electron chi connectivity index (χ1n) is 10.8. The van der Waals surface area contributed by atoms with Crippen molar-refractivity contribution < 1.29 is 30.8 Å². The summed E-state index contributed by atoms with van der Waals surface area (Å²) in [6, 6.07) is 29.6. The van der Waals surface area contributed by atoms with Crippen molar-refractivity contribution in [2.24, 2.45) is 0 Å². The average Bonchev–Trinajstić information content (AvgIpc) is 3.23. The van der Waals surface area contributed by atoms with Crippen molar-refractivity contribution >= 4 is 22.5 Å². The molecule has 3 nitrogen and oxygen atoms in total. The Hall–Kier alpha value is -3.10. The summed E-state index contributed by atoms with van der Waals surface area (Å²) in [5, 5.41) is 6.14. The number of pyridine rings is 1. The van der Waals surface area contributed by atoms with E-state index < -0.39 is 0 Å². The molecule has 186 valence electrons. The number of benzene rings is 3. The Bertz CT molecular complexity index is 1410. The molecule has 0 atom stereocenters. The van der Waals surface area contributed by atoms with Crippen LogP contribution >= 0.6 is 0 Å². The molecule has 2 aromatic heterocycles. The van der Waals surface area contributed by atoms with Gasteiger partial charge >= 0.3 is 0 Å². The smallest absolute Gasteiger partial charge is 0.0562 e. The van der Waals surface area contributed by atoms with Crippen LogP contribution in [0.1, 0.15) is 16.7 Å². The first kappa shape index (κ1) is 30.9. The third-order valence-corrected chi connectivity index (χ3v) is 5.94. The van der Waals surface area contributed by atoms with Crippen molar-refractivity contribution in [1.29, 1.82) is 0 Å². The van der Waals surface area contributed by atoms with Gasteiger partial charge in [-0.3, -0.25) is 5.32 Å². The van der Waals surface area contributed by atoms with Crippen LogP contribution in [0.5, 0.6) is 0 Å². The summed E-state index contributed by atoms with van der Waals surface area (Å²) in [5.74, 6) is 0.824. The Balaban J connectivity index is 0.00000162. The van der Waals surface area contributed by atoms with Gasteiger partial charge in [-0.2, -0.15) is 0 Å². The van der Waals surface area contributed by atoms with E-state index in [2.05, 4.69) is 111 Å². The number of hydrogen-bond acceptors (Lipinski definition) is 0. The second kappa shape index (κ2) is 12.7. The maximum atomic E-state index is 5.01. The zero-order chi connectivity index (χ0) is 22.2. The minimum absolute atomic E-state index is 0. The summed E-state index contributed by atoms with van der Waals surface area (Å²) < 4.78 is 4.15. The van der Waals surface area contributed by atoms with Crippen LogP contribution in [0.2, 0.25) is 0 Å². The number of hydrogen-bond donors (Lipinski definition) is 0. The molecule has 4 heteroatoms. The van der Waals surface area contributed by atoms with Crippen LogP contribution in [-0.2, 0) is 26.2 Å². The number of para-hydroxylation sites is 1. The second-order valence-corrected chi connectivity index (χ2v) is 8.33. The second-order valence-electron chi connectivity index (χ2n) is 8.33. The van der Waals surface area contributed by atoms with Gasteiger partial charge in [-0.1, -0.05) is 78.4 Å². The van der Waals surface area contributed by atoms with Gasteiger partial charge in [-0.15, -0.1) is 7.05 Å². The van der Waals surface area contributed by atoms with E-state index in [0.29, 0.717) is 0 Å². The van der Waals surface area contributed by atoms with Gasteiger partial charge in [-0.05, 0) is 61.2 Å². The molecule has 0 saturated heterocycles. The molecule has 0 bridgehead atoms. The van der Waals surface area contributed by atoms with Crippen LogP contribution in [0.4, 0.5) is 11.5 Å².